The van der Waals surface area contributed by atoms with Crippen LogP contribution in [-0.2, 0) is 9.47 Å². The molecule has 1 fully saturated rings. The van der Waals surface area contributed by atoms with Gasteiger partial charge < -0.3 is 13.9 Å². The van der Waals surface area contributed by atoms with Crippen LogP contribution in [0.1, 0.15) is 5.76 Å². The molecule has 0 radical (unpaired) electrons. The molecule has 2 heterocycles. The fourth-order valence-corrected chi connectivity index (χ4v) is 1.37. The van der Waals surface area contributed by atoms with Gasteiger partial charge in [0.2, 0.25) is 0 Å². The summed E-state index contributed by atoms with van der Waals surface area (Å²) in [6.07, 6.45) is 4.95. The molecular weight excluding hydrogens is 204 g/mol. The summed E-state index contributed by atoms with van der Waals surface area (Å²) in [6.45, 7) is 0.552. The van der Waals surface area contributed by atoms with Gasteiger partial charge in [-0.15, -0.1) is 11.6 Å². The number of hydrogen-bond donors (Lipinski definition) is 0. The van der Waals surface area contributed by atoms with E-state index in [9.17, 15) is 0 Å². The molecule has 2 unspecified atom stereocenters. The van der Waals surface area contributed by atoms with Crippen LogP contribution in [0, 0.1) is 0 Å². The third-order valence-corrected chi connectivity index (χ3v) is 2.25. The maximum atomic E-state index is 5.63. The average molecular weight is 215 g/mol. The minimum Gasteiger partial charge on any atom is -0.465 e. The Morgan fingerprint density at radius 1 is 1.57 bits per heavy atom. The minimum atomic E-state index is -0.302. The third kappa shape index (κ3) is 2.38. The lowest BCUT2D eigenvalue weighted by Gasteiger charge is -2.03. The molecule has 0 N–H and O–H groups in total. The van der Waals surface area contributed by atoms with Crippen molar-refractivity contribution < 1.29 is 13.9 Å². The summed E-state index contributed by atoms with van der Waals surface area (Å²) in [4.78, 5) is 0. The maximum absolute atomic E-state index is 5.63. The fraction of sp³-hybridized carbons (Fsp3) is 0.400. The first kappa shape index (κ1) is 9.77. The van der Waals surface area contributed by atoms with Crippen LogP contribution >= 0.6 is 11.6 Å². The molecule has 4 heteroatoms. The Kier molecular flexibility index (Phi) is 3.24. The highest BCUT2D eigenvalue weighted by molar-refractivity contribution is 6.18. The fourth-order valence-electron chi connectivity index (χ4n) is 1.21. The highest BCUT2D eigenvalue weighted by atomic mass is 35.5. The highest BCUT2D eigenvalue weighted by Gasteiger charge is 2.22. The van der Waals surface area contributed by atoms with E-state index < -0.39 is 0 Å². The molecule has 1 aromatic heterocycles. The molecular formula is C10H11ClO3. The summed E-state index contributed by atoms with van der Waals surface area (Å²) in [5, 5.41) is 0. The molecule has 1 aliphatic heterocycles. The van der Waals surface area contributed by atoms with Crippen LogP contribution < -0.4 is 0 Å². The number of alkyl halides is 1. The first-order valence-electron chi connectivity index (χ1n) is 4.43. The minimum absolute atomic E-state index is 0.00270. The smallest absolute Gasteiger partial charge is 0.177 e. The number of rotatable bonds is 3. The van der Waals surface area contributed by atoms with E-state index in [4.69, 9.17) is 25.5 Å². The van der Waals surface area contributed by atoms with Gasteiger partial charge in [-0.25, -0.2) is 0 Å². The van der Waals surface area contributed by atoms with E-state index in [0.717, 1.165) is 5.76 Å². The van der Waals surface area contributed by atoms with E-state index in [1.54, 1.807) is 6.26 Å². The third-order valence-electron chi connectivity index (χ3n) is 1.91. The lowest BCUT2D eigenvalue weighted by Crippen LogP contribution is -2.12. The molecule has 0 aromatic carbocycles. The van der Waals surface area contributed by atoms with Gasteiger partial charge in [-0.3, -0.25) is 0 Å². The normalized spacial score (nSPS) is 27.5. The zero-order valence-corrected chi connectivity index (χ0v) is 8.31. The Hall–Kier alpha value is -0.770. The van der Waals surface area contributed by atoms with Gasteiger partial charge in [0.1, 0.15) is 5.76 Å². The quantitative estimate of drug-likeness (QED) is 0.724. The Morgan fingerprint density at radius 2 is 2.50 bits per heavy atom. The van der Waals surface area contributed by atoms with Gasteiger partial charge in [-0.1, -0.05) is 0 Å². The van der Waals surface area contributed by atoms with Crippen molar-refractivity contribution in [1.29, 1.82) is 0 Å². The molecule has 0 bridgehead atoms. The second-order valence-electron chi connectivity index (χ2n) is 2.99. The summed E-state index contributed by atoms with van der Waals surface area (Å²) in [6, 6.07) is 3.70. The summed E-state index contributed by atoms with van der Waals surface area (Å²) >= 11 is 5.63. The van der Waals surface area contributed by atoms with Gasteiger partial charge in [0.05, 0.1) is 24.9 Å². The first-order valence-corrected chi connectivity index (χ1v) is 4.96. The second kappa shape index (κ2) is 4.64. The van der Waals surface area contributed by atoms with Crippen LogP contribution in [0.2, 0.25) is 0 Å². The van der Waals surface area contributed by atoms with E-state index in [-0.39, 0.29) is 12.4 Å². The van der Waals surface area contributed by atoms with Crippen molar-refractivity contribution in [2.75, 3.05) is 12.5 Å². The van der Waals surface area contributed by atoms with Crippen molar-refractivity contribution in [1.82, 2.24) is 0 Å². The van der Waals surface area contributed by atoms with Gasteiger partial charge in [-0.2, -0.15) is 0 Å². The lowest BCUT2D eigenvalue weighted by atomic mass is 10.4. The molecule has 3 nitrogen and oxygen atoms in total. The number of furan rings is 1. The summed E-state index contributed by atoms with van der Waals surface area (Å²) in [7, 11) is 0. The Morgan fingerprint density at radius 3 is 3.14 bits per heavy atom. The maximum Gasteiger partial charge on any atom is 0.177 e. The van der Waals surface area contributed by atoms with Crippen molar-refractivity contribution in [3.63, 3.8) is 0 Å². The molecule has 76 valence electrons. The molecule has 14 heavy (non-hydrogen) atoms. The van der Waals surface area contributed by atoms with Crippen LogP contribution in [0.3, 0.4) is 0 Å². The van der Waals surface area contributed by atoms with Crippen molar-refractivity contribution in [3.05, 3.63) is 30.2 Å². The zero-order valence-electron chi connectivity index (χ0n) is 7.56. The van der Waals surface area contributed by atoms with Crippen LogP contribution in [0.5, 0.6) is 0 Å². The molecule has 1 aliphatic rings. The predicted molar refractivity (Wildman–Crippen MR) is 53.1 cm³/mol. The molecule has 2 atom stereocenters. The lowest BCUT2D eigenvalue weighted by molar-refractivity contribution is -0.0149. The van der Waals surface area contributed by atoms with E-state index in [2.05, 4.69) is 0 Å². The second-order valence-corrected chi connectivity index (χ2v) is 3.30. The van der Waals surface area contributed by atoms with Crippen molar-refractivity contribution in [2.45, 2.75) is 12.4 Å². The van der Waals surface area contributed by atoms with Gasteiger partial charge in [0.25, 0.3) is 0 Å². The van der Waals surface area contributed by atoms with E-state index in [1.807, 2.05) is 24.3 Å². The van der Waals surface area contributed by atoms with E-state index in [0.29, 0.717) is 12.5 Å². The summed E-state index contributed by atoms with van der Waals surface area (Å²) < 4.78 is 15.9. The number of hydrogen-bond acceptors (Lipinski definition) is 3. The SMILES string of the molecule is ClCC1COC(/C=C/c2ccco2)O1. The molecule has 0 aliphatic carbocycles. The number of ether oxygens (including phenoxy) is 2. The summed E-state index contributed by atoms with van der Waals surface area (Å²) in [5.41, 5.74) is 0. The first-order chi connectivity index (χ1) is 6.88. The zero-order chi connectivity index (χ0) is 9.80. The molecule has 2 rings (SSSR count). The van der Waals surface area contributed by atoms with Crippen LogP contribution in [0.4, 0.5) is 0 Å². The molecule has 0 spiro atoms. The average Bonchev–Trinajstić information content (AvgIpc) is 2.86. The van der Waals surface area contributed by atoms with Crippen molar-refractivity contribution in [3.8, 4) is 0 Å². The molecule has 0 amide bonds. The Bertz CT molecular complexity index is 294. The van der Waals surface area contributed by atoms with Crippen LogP contribution in [0.15, 0.2) is 28.9 Å². The van der Waals surface area contributed by atoms with Crippen molar-refractivity contribution >= 4 is 17.7 Å². The van der Waals surface area contributed by atoms with Crippen LogP contribution in [-0.4, -0.2) is 24.9 Å². The predicted octanol–water partition coefficient (Wildman–Crippen LogP) is 2.27. The van der Waals surface area contributed by atoms with Crippen LogP contribution in [0.25, 0.3) is 6.08 Å². The number of halogens is 1. The molecule has 1 aromatic rings. The Labute approximate surface area is 87.3 Å². The van der Waals surface area contributed by atoms with Gasteiger partial charge in [-0.05, 0) is 24.3 Å². The van der Waals surface area contributed by atoms with Crippen molar-refractivity contribution in [2.24, 2.45) is 0 Å². The molecule has 0 saturated carbocycles. The van der Waals surface area contributed by atoms with Gasteiger partial charge in [0, 0.05) is 0 Å². The van der Waals surface area contributed by atoms with E-state index >= 15 is 0 Å². The van der Waals surface area contributed by atoms with Gasteiger partial charge >= 0.3 is 0 Å². The molecule has 1 saturated heterocycles. The summed E-state index contributed by atoms with van der Waals surface area (Å²) in [5.74, 6) is 1.25. The Balaban J connectivity index is 1.87. The standard InChI is InChI=1S/C10H11ClO3/c11-6-9-7-13-10(14-9)4-3-8-2-1-5-12-8/h1-5,9-10H,6-7H2/b4-3+. The van der Waals surface area contributed by atoms with E-state index in [1.165, 1.54) is 0 Å². The monoisotopic (exact) mass is 214 g/mol. The largest absolute Gasteiger partial charge is 0.465 e. The highest BCUT2D eigenvalue weighted by Crippen LogP contribution is 2.15. The topological polar surface area (TPSA) is 31.6 Å². The van der Waals surface area contributed by atoms with Gasteiger partial charge in [0.15, 0.2) is 6.29 Å².